The Morgan fingerprint density at radius 2 is 1.95 bits per heavy atom. The van der Waals surface area contributed by atoms with Crippen LogP contribution in [0.25, 0.3) is 10.9 Å². The maximum Gasteiger partial charge on any atom is 0.270 e. The molecule has 1 aliphatic rings. The molecule has 3 heterocycles. The molecule has 0 N–H and O–H groups in total. The van der Waals surface area contributed by atoms with Gasteiger partial charge in [0.25, 0.3) is 11.5 Å². The van der Waals surface area contributed by atoms with Gasteiger partial charge in [-0.15, -0.1) is 0 Å². The van der Waals surface area contributed by atoms with E-state index in [0.29, 0.717) is 37.4 Å². The summed E-state index contributed by atoms with van der Waals surface area (Å²) in [5, 5.41) is 0.578. The van der Waals surface area contributed by atoms with Crippen LogP contribution in [0.15, 0.2) is 23.1 Å². The molecule has 20 heavy (non-hydrogen) atoms. The summed E-state index contributed by atoms with van der Waals surface area (Å²) in [6, 6.07) is 3.54. The number of nitrogens with zero attached hydrogens (tertiary/aromatic N) is 3. The number of amides is 1. The normalized spacial score (nSPS) is 15.8. The van der Waals surface area contributed by atoms with Gasteiger partial charge in [-0.2, -0.15) is 0 Å². The molecule has 2 aromatic rings. The van der Waals surface area contributed by atoms with Crippen LogP contribution in [0.2, 0.25) is 0 Å². The molecule has 106 valence electrons. The van der Waals surface area contributed by atoms with E-state index in [2.05, 4.69) is 0 Å². The predicted molar refractivity (Wildman–Crippen MR) is 74.9 cm³/mol. The smallest absolute Gasteiger partial charge is 0.270 e. The summed E-state index contributed by atoms with van der Waals surface area (Å²) in [4.78, 5) is 26.4. The number of aromatic nitrogens is 2. The standard InChI is InChI=1S/C14H17N3O3/c1-15-4-3-11-10(13(15)18)9-12(16(11)2)14(19)17-5-7-20-8-6-17/h3-4,9H,5-8H2,1-2H3. The van der Waals surface area contributed by atoms with Crippen LogP contribution in [0.1, 0.15) is 10.5 Å². The highest BCUT2D eigenvalue weighted by Crippen LogP contribution is 2.17. The summed E-state index contributed by atoms with van der Waals surface area (Å²) in [5.74, 6) is -0.0472. The fourth-order valence-corrected chi connectivity index (χ4v) is 2.56. The van der Waals surface area contributed by atoms with Crippen molar-refractivity contribution < 1.29 is 9.53 Å². The predicted octanol–water partition coefficient (Wildman–Crippen LogP) is 0.349. The second-order valence-electron chi connectivity index (χ2n) is 5.02. The number of morpholine rings is 1. The van der Waals surface area contributed by atoms with Gasteiger partial charge < -0.3 is 18.8 Å². The summed E-state index contributed by atoms with van der Waals surface area (Å²) in [7, 11) is 3.52. The first kappa shape index (κ1) is 12.9. The number of aryl methyl sites for hydroxylation is 2. The molecular weight excluding hydrogens is 258 g/mol. The molecule has 2 aromatic heterocycles. The molecule has 0 aliphatic carbocycles. The highest BCUT2D eigenvalue weighted by Gasteiger charge is 2.22. The Morgan fingerprint density at radius 1 is 1.25 bits per heavy atom. The van der Waals surface area contributed by atoms with Gasteiger partial charge in [-0.05, 0) is 12.1 Å². The summed E-state index contributed by atoms with van der Waals surface area (Å²) in [6.07, 6.45) is 1.72. The quantitative estimate of drug-likeness (QED) is 0.754. The topological polar surface area (TPSA) is 56.5 Å². The van der Waals surface area contributed by atoms with E-state index in [1.807, 2.05) is 13.1 Å². The Labute approximate surface area is 116 Å². The lowest BCUT2D eigenvalue weighted by molar-refractivity contribution is 0.0297. The van der Waals surface area contributed by atoms with Crippen molar-refractivity contribution in [3.63, 3.8) is 0 Å². The van der Waals surface area contributed by atoms with Crippen molar-refractivity contribution >= 4 is 16.8 Å². The molecule has 0 unspecified atom stereocenters. The third kappa shape index (κ3) is 1.92. The number of fused-ring (bicyclic) bond motifs is 1. The maximum absolute atomic E-state index is 12.5. The Bertz CT molecular complexity index is 723. The third-order valence-electron chi connectivity index (χ3n) is 3.80. The first-order chi connectivity index (χ1) is 9.59. The average Bonchev–Trinajstić information content (AvgIpc) is 2.81. The molecule has 1 amide bonds. The summed E-state index contributed by atoms with van der Waals surface area (Å²) < 4.78 is 8.56. The SMILES string of the molecule is Cn1ccc2c(cc(C(=O)N3CCOCC3)n2C)c1=O. The van der Waals surface area contributed by atoms with Gasteiger partial charge in [0.05, 0.1) is 24.1 Å². The first-order valence-corrected chi connectivity index (χ1v) is 6.61. The van der Waals surface area contributed by atoms with Gasteiger partial charge in [0, 0.05) is 33.4 Å². The Morgan fingerprint density at radius 3 is 2.65 bits per heavy atom. The number of pyridine rings is 1. The van der Waals surface area contributed by atoms with Crippen molar-refractivity contribution in [1.82, 2.24) is 14.0 Å². The Balaban J connectivity index is 2.08. The zero-order chi connectivity index (χ0) is 14.3. The van der Waals surface area contributed by atoms with E-state index < -0.39 is 0 Å². The molecule has 3 rings (SSSR count). The second-order valence-corrected chi connectivity index (χ2v) is 5.02. The van der Waals surface area contributed by atoms with Gasteiger partial charge in [0.2, 0.25) is 0 Å². The minimum Gasteiger partial charge on any atom is -0.378 e. The number of ether oxygens (including phenoxy) is 1. The molecule has 0 spiro atoms. The lowest BCUT2D eigenvalue weighted by Gasteiger charge is -2.26. The number of carbonyl (C=O) groups excluding carboxylic acids is 1. The molecule has 0 aromatic carbocycles. The van der Waals surface area contributed by atoms with Crippen LogP contribution in [0.3, 0.4) is 0 Å². The van der Waals surface area contributed by atoms with Crippen molar-refractivity contribution in [2.45, 2.75) is 0 Å². The first-order valence-electron chi connectivity index (χ1n) is 6.61. The number of rotatable bonds is 1. The van der Waals surface area contributed by atoms with Crippen molar-refractivity contribution in [2.75, 3.05) is 26.3 Å². The van der Waals surface area contributed by atoms with Gasteiger partial charge in [-0.1, -0.05) is 0 Å². The van der Waals surface area contributed by atoms with Gasteiger partial charge in [0.15, 0.2) is 0 Å². The van der Waals surface area contributed by atoms with Crippen LogP contribution < -0.4 is 5.56 Å². The molecule has 0 saturated carbocycles. The average molecular weight is 275 g/mol. The second kappa shape index (κ2) is 4.79. The largest absolute Gasteiger partial charge is 0.378 e. The molecule has 6 nitrogen and oxygen atoms in total. The van der Waals surface area contributed by atoms with E-state index in [9.17, 15) is 9.59 Å². The van der Waals surface area contributed by atoms with Gasteiger partial charge in [-0.25, -0.2) is 0 Å². The zero-order valence-electron chi connectivity index (χ0n) is 11.6. The van der Waals surface area contributed by atoms with E-state index in [1.54, 1.807) is 28.8 Å². The highest BCUT2D eigenvalue weighted by atomic mass is 16.5. The van der Waals surface area contributed by atoms with Gasteiger partial charge in [-0.3, -0.25) is 9.59 Å². The molecule has 6 heteroatoms. The minimum absolute atomic E-state index is 0.0472. The fraction of sp³-hybridized carbons (Fsp3) is 0.429. The van der Waals surface area contributed by atoms with E-state index in [1.165, 1.54) is 4.57 Å². The minimum atomic E-state index is -0.0841. The Hall–Kier alpha value is -2.08. The molecule has 1 fully saturated rings. The fourth-order valence-electron chi connectivity index (χ4n) is 2.56. The molecule has 0 radical (unpaired) electrons. The molecule has 0 bridgehead atoms. The highest BCUT2D eigenvalue weighted by molar-refractivity contribution is 5.98. The molecule has 1 aliphatic heterocycles. The van der Waals surface area contributed by atoms with E-state index in [0.717, 1.165) is 5.52 Å². The van der Waals surface area contributed by atoms with Crippen molar-refractivity contribution in [3.8, 4) is 0 Å². The zero-order valence-corrected chi connectivity index (χ0v) is 11.6. The molecular formula is C14H17N3O3. The lowest BCUT2D eigenvalue weighted by atomic mass is 10.3. The van der Waals surface area contributed by atoms with Crippen LogP contribution in [0, 0.1) is 0 Å². The number of hydrogen-bond donors (Lipinski definition) is 0. The van der Waals surface area contributed by atoms with Crippen molar-refractivity contribution in [3.05, 3.63) is 34.4 Å². The monoisotopic (exact) mass is 275 g/mol. The number of carbonyl (C=O) groups is 1. The summed E-state index contributed by atoms with van der Waals surface area (Å²) in [5.41, 5.74) is 1.24. The van der Waals surface area contributed by atoms with Gasteiger partial charge >= 0.3 is 0 Å². The van der Waals surface area contributed by atoms with Crippen LogP contribution in [0.5, 0.6) is 0 Å². The van der Waals surface area contributed by atoms with Gasteiger partial charge in [0.1, 0.15) is 5.69 Å². The molecule has 1 saturated heterocycles. The van der Waals surface area contributed by atoms with Crippen LogP contribution in [0.4, 0.5) is 0 Å². The van der Waals surface area contributed by atoms with E-state index in [-0.39, 0.29) is 11.5 Å². The van der Waals surface area contributed by atoms with E-state index in [4.69, 9.17) is 4.74 Å². The lowest BCUT2D eigenvalue weighted by Crippen LogP contribution is -2.41. The van der Waals surface area contributed by atoms with Crippen LogP contribution >= 0.6 is 0 Å². The summed E-state index contributed by atoms with van der Waals surface area (Å²) >= 11 is 0. The Kier molecular flexibility index (Phi) is 3.10. The van der Waals surface area contributed by atoms with Crippen LogP contribution in [-0.4, -0.2) is 46.2 Å². The van der Waals surface area contributed by atoms with Crippen molar-refractivity contribution in [1.29, 1.82) is 0 Å². The van der Waals surface area contributed by atoms with Crippen molar-refractivity contribution in [2.24, 2.45) is 14.1 Å². The third-order valence-corrected chi connectivity index (χ3v) is 3.80. The molecule has 0 atom stereocenters. The number of hydrogen-bond acceptors (Lipinski definition) is 3. The van der Waals surface area contributed by atoms with E-state index >= 15 is 0 Å². The summed E-state index contributed by atoms with van der Waals surface area (Å²) in [6.45, 7) is 2.33. The maximum atomic E-state index is 12.5. The van der Waals surface area contributed by atoms with Crippen LogP contribution in [-0.2, 0) is 18.8 Å².